The summed E-state index contributed by atoms with van der Waals surface area (Å²) in [4.78, 5) is 1.43. The largest absolute Gasteiger partial charge is 0.309 e. The summed E-state index contributed by atoms with van der Waals surface area (Å²) in [7, 11) is 0. The van der Waals surface area contributed by atoms with E-state index in [1.807, 2.05) is 11.3 Å². The molecule has 0 bridgehead atoms. The van der Waals surface area contributed by atoms with Gasteiger partial charge in [0.15, 0.2) is 0 Å². The van der Waals surface area contributed by atoms with Crippen LogP contribution in [-0.2, 0) is 0 Å². The zero-order chi connectivity index (χ0) is 13.0. The lowest BCUT2D eigenvalue weighted by Gasteiger charge is -2.28. The van der Waals surface area contributed by atoms with Crippen LogP contribution in [0.4, 0.5) is 0 Å². The second-order valence-corrected chi connectivity index (χ2v) is 7.36. The van der Waals surface area contributed by atoms with Crippen molar-refractivity contribution in [2.45, 2.75) is 52.0 Å². The Morgan fingerprint density at radius 3 is 2.56 bits per heavy atom. The van der Waals surface area contributed by atoms with Gasteiger partial charge in [0, 0.05) is 15.4 Å². The molecule has 1 heterocycles. The van der Waals surface area contributed by atoms with Gasteiger partial charge < -0.3 is 5.32 Å². The highest BCUT2D eigenvalue weighted by Gasteiger charge is 2.20. The van der Waals surface area contributed by atoms with Crippen molar-refractivity contribution in [3.63, 3.8) is 0 Å². The average molecular weight is 330 g/mol. The first-order valence-electron chi connectivity index (χ1n) is 7.17. The van der Waals surface area contributed by atoms with Crippen LogP contribution in [0, 0.1) is 11.8 Å². The van der Waals surface area contributed by atoms with Gasteiger partial charge in [-0.05, 0) is 65.5 Å². The molecule has 1 aliphatic rings. The molecule has 1 unspecified atom stereocenters. The number of thiophene rings is 1. The molecule has 1 atom stereocenters. The predicted molar refractivity (Wildman–Crippen MR) is 84.2 cm³/mol. The maximum Gasteiger partial charge on any atom is 0.0397 e. The highest BCUT2D eigenvalue weighted by atomic mass is 79.9. The molecule has 18 heavy (non-hydrogen) atoms. The summed E-state index contributed by atoms with van der Waals surface area (Å²) in [5, 5.41) is 5.87. The van der Waals surface area contributed by atoms with Crippen LogP contribution in [0.3, 0.4) is 0 Å². The van der Waals surface area contributed by atoms with Gasteiger partial charge in [0.1, 0.15) is 0 Å². The molecule has 3 heteroatoms. The van der Waals surface area contributed by atoms with E-state index in [9.17, 15) is 0 Å². The van der Waals surface area contributed by atoms with E-state index in [4.69, 9.17) is 0 Å². The van der Waals surface area contributed by atoms with Crippen LogP contribution >= 0.6 is 27.3 Å². The second-order valence-electron chi connectivity index (χ2n) is 5.56. The molecule has 0 saturated heterocycles. The van der Waals surface area contributed by atoms with Crippen molar-refractivity contribution >= 4 is 27.3 Å². The lowest BCUT2D eigenvalue weighted by molar-refractivity contribution is 0.258. The maximum atomic E-state index is 3.71. The highest BCUT2D eigenvalue weighted by Crippen LogP contribution is 2.32. The van der Waals surface area contributed by atoms with Crippen LogP contribution in [-0.4, -0.2) is 6.54 Å². The van der Waals surface area contributed by atoms with E-state index in [0.717, 1.165) is 11.8 Å². The SMILES string of the molecule is CCC1CCC(CNC(C)c2sccc2Br)CC1. The van der Waals surface area contributed by atoms with Crippen molar-refractivity contribution in [1.29, 1.82) is 0 Å². The molecule has 2 rings (SSSR count). The zero-order valence-electron chi connectivity index (χ0n) is 11.4. The Kier molecular flexibility index (Phi) is 5.71. The van der Waals surface area contributed by atoms with Gasteiger partial charge in [0.05, 0.1) is 0 Å². The van der Waals surface area contributed by atoms with E-state index in [1.54, 1.807) is 0 Å². The van der Waals surface area contributed by atoms with E-state index in [1.165, 1.54) is 48.0 Å². The minimum absolute atomic E-state index is 0.475. The van der Waals surface area contributed by atoms with Crippen LogP contribution in [0.15, 0.2) is 15.9 Å². The van der Waals surface area contributed by atoms with Gasteiger partial charge >= 0.3 is 0 Å². The van der Waals surface area contributed by atoms with E-state index >= 15 is 0 Å². The van der Waals surface area contributed by atoms with Gasteiger partial charge in [-0.3, -0.25) is 0 Å². The first kappa shape index (κ1) is 14.5. The van der Waals surface area contributed by atoms with E-state index < -0.39 is 0 Å². The fraction of sp³-hybridized carbons (Fsp3) is 0.733. The molecule has 102 valence electrons. The Hall–Kier alpha value is 0.140. The molecule has 0 aliphatic heterocycles. The number of hydrogen-bond donors (Lipinski definition) is 1. The first-order chi connectivity index (χ1) is 8.70. The van der Waals surface area contributed by atoms with Gasteiger partial charge in [-0.15, -0.1) is 11.3 Å². The van der Waals surface area contributed by atoms with Crippen LogP contribution in [0.25, 0.3) is 0 Å². The number of nitrogens with one attached hydrogen (secondary N) is 1. The third-order valence-corrected chi connectivity index (χ3v) is 6.35. The Labute approximate surface area is 123 Å². The fourth-order valence-corrected chi connectivity index (χ4v) is 4.64. The van der Waals surface area contributed by atoms with Crippen LogP contribution < -0.4 is 5.32 Å². The summed E-state index contributed by atoms with van der Waals surface area (Å²) in [5.74, 6) is 1.90. The minimum atomic E-state index is 0.475. The second kappa shape index (κ2) is 7.06. The van der Waals surface area contributed by atoms with Crippen molar-refractivity contribution in [2.75, 3.05) is 6.54 Å². The van der Waals surface area contributed by atoms with Gasteiger partial charge in [0.25, 0.3) is 0 Å². The van der Waals surface area contributed by atoms with Crippen molar-refractivity contribution < 1.29 is 0 Å². The number of rotatable bonds is 5. The zero-order valence-corrected chi connectivity index (χ0v) is 13.8. The molecule has 1 aromatic heterocycles. The van der Waals surface area contributed by atoms with Gasteiger partial charge in [0.2, 0.25) is 0 Å². The smallest absolute Gasteiger partial charge is 0.0397 e. The lowest BCUT2D eigenvalue weighted by atomic mass is 9.81. The monoisotopic (exact) mass is 329 g/mol. The molecule has 0 aromatic carbocycles. The van der Waals surface area contributed by atoms with Crippen molar-refractivity contribution in [2.24, 2.45) is 11.8 Å². The van der Waals surface area contributed by atoms with Gasteiger partial charge in [-0.25, -0.2) is 0 Å². The van der Waals surface area contributed by atoms with Crippen molar-refractivity contribution in [3.05, 3.63) is 20.8 Å². The van der Waals surface area contributed by atoms with Gasteiger partial charge in [-0.2, -0.15) is 0 Å². The Balaban J connectivity index is 1.74. The first-order valence-corrected chi connectivity index (χ1v) is 8.84. The molecule has 1 aliphatic carbocycles. The third kappa shape index (κ3) is 3.82. The standard InChI is InChI=1S/C15H24BrNS/c1-3-12-4-6-13(7-5-12)10-17-11(2)15-14(16)8-9-18-15/h8-9,11-13,17H,3-7,10H2,1-2H3. The minimum Gasteiger partial charge on any atom is -0.309 e. The normalized spacial score (nSPS) is 26.2. The molecule has 0 spiro atoms. The maximum absolute atomic E-state index is 3.71. The average Bonchev–Trinajstić information content (AvgIpc) is 2.83. The Morgan fingerprint density at radius 2 is 2.00 bits per heavy atom. The van der Waals surface area contributed by atoms with Crippen molar-refractivity contribution in [1.82, 2.24) is 5.32 Å². The highest BCUT2D eigenvalue weighted by molar-refractivity contribution is 9.10. The van der Waals surface area contributed by atoms with Crippen LogP contribution in [0.2, 0.25) is 0 Å². The molecule has 0 radical (unpaired) electrons. The fourth-order valence-electron chi connectivity index (χ4n) is 2.89. The number of hydrogen-bond acceptors (Lipinski definition) is 2. The summed E-state index contributed by atoms with van der Waals surface area (Å²) in [5.41, 5.74) is 0. The van der Waals surface area contributed by atoms with E-state index in [0.29, 0.717) is 6.04 Å². The van der Waals surface area contributed by atoms with Crippen LogP contribution in [0.1, 0.15) is 56.9 Å². The van der Waals surface area contributed by atoms with Crippen LogP contribution in [0.5, 0.6) is 0 Å². The summed E-state index contributed by atoms with van der Waals surface area (Å²) < 4.78 is 1.25. The number of halogens is 1. The lowest BCUT2D eigenvalue weighted by Crippen LogP contribution is -2.28. The predicted octanol–water partition coefficient (Wildman–Crippen LogP) is 5.38. The molecular formula is C15H24BrNS. The summed E-state index contributed by atoms with van der Waals surface area (Å²) in [6.45, 7) is 5.79. The summed E-state index contributed by atoms with van der Waals surface area (Å²) in [6, 6.07) is 2.62. The molecule has 1 nitrogen and oxygen atoms in total. The molecule has 1 aromatic rings. The summed E-state index contributed by atoms with van der Waals surface area (Å²) in [6.07, 6.45) is 7.10. The molecule has 1 N–H and O–H groups in total. The van der Waals surface area contributed by atoms with Gasteiger partial charge in [-0.1, -0.05) is 26.2 Å². The molecule has 1 fully saturated rings. The quantitative estimate of drug-likeness (QED) is 0.764. The molecule has 0 amide bonds. The Bertz CT molecular complexity index is 355. The third-order valence-electron chi connectivity index (χ3n) is 4.29. The topological polar surface area (TPSA) is 12.0 Å². The summed E-state index contributed by atoms with van der Waals surface area (Å²) >= 11 is 5.46. The molecule has 1 saturated carbocycles. The van der Waals surface area contributed by atoms with E-state index in [2.05, 4.69) is 46.5 Å². The van der Waals surface area contributed by atoms with E-state index in [-0.39, 0.29) is 0 Å². The van der Waals surface area contributed by atoms with Crippen molar-refractivity contribution in [3.8, 4) is 0 Å². The Morgan fingerprint density at radius 1 is 1.33 bits per heavy atom. The molecular weight excluding hydrogens is 306 g/mol.